The summed E-state index contributed by atoms with van der Waals surface area (Å²) in [5.74, 6) is -2.43. The second-order valence-electron chi connectivity index (χ2n) is 6.11. The molecule has 0 spiro atoms. The Labute approximate surface area is 160 Å². The van der Waals surface area contributed by atoms with E-state index in [-0.39, 0.29) is 5.69 Å². The Hall–Kier alpha value is -3.36. The molecule has 9 heteroatoms. The Morgan fingerprint density at radius 2 is 1.46 bits per heavy atom. The molecular weight excluding hydrogens is 373 g/mol. The minimum atomic E-state index is -4.95. The zero-order valence-electron chi connectivity index (χ0n) is 15.5. The second-order valence-corrected chi connectivity index (χ2v) is 6.11. The number of hydrogen-bond donors (Lipinski definition) is 2. The minimum Gasteiger partial charge on any atom is -0.378 e. The van der Waals surface area contributed by atoms with Gasteiger partial charge in [0, 0.05) is 31.0 Å². The summed E-state index contributed by atoms with van der Waals surface area (Å²) in [6.45, 7) is 1.64. The molecule has 2 aromatic rings. The van der Waals surface area contributed by atoms with Gasteiger partial charge in [0.2, 0.25) is 0 Å². The maximum atomic E-state index is 12.2. The van der Waals surface area contributed by atoms with Gasteiger partial charge < -0.3 is 10.2 Å². The summed E-state index contributed by atoms with van der Waals surface area (Å²) in [6.07, 6.45) is -4.95. The Balaban J connectivity index is 2.01. The number of amides is 2. The van der Waals surface area contributed by atoms with Crippen LogP contribution in [0.15, 0.2) is 53.6 Å². The number of nitrogens with zero attached hydrogens (tertiary/aromatic N) is 2. The number of alkyl halides is 3. The highest BCUT2D eigenvalue weighted by Gasteiger charge is 2.38. The third kappa shape index (κ3) is 5.57. The average molecular weight is 392 g/mol. The lowest BCUT2D eigenvalue weighted by atomic mass is 10.1. The molecule has 28 heavy (non-hydrogen) atoms. The number of rotatable bonds is 5. The van der Waals surface area contributed by atoms with E-state index >= 15 is 0 Å². The predicted octanol–water partition coefficient (Wildman–Crippen LogP) is 3.41. The van der Waals surface area contributed by atoms with Crippen molar-refractivity contribution in [2.75, 3.05) is 24.3 Å². The molecule has 2 aromatic carbocycles. The molecule has 6 nitrogen and oxygen atoms in total. The Kier molecular flexibility index (Phi) is 6.40. The number of nitrogens with one attached hydrogen (secondary N) is 2. The van der Waals surface area contributed by atoms with Gasteiger partial charge in [-0.3, -0.25) is 9.59 Å². The van der Waals surface area contributed by atoms with Crippen LogP contribution in [-0.2, 0) is 4.79 Å². The maximum Gasteiger partial charge on any atom is 0.471 e. The van der Waals surface area contributed by atoms with Crippen LogP contribution in [0.3, 0.4) is 0 Å². The Morgan fingerprint density at radius 3 is 1.96 bits per heavy atom. The van der Waals surface area contributed by atoms with E-state index in [1.807, 2.05) is 19.0 Å². The normalized spacial score (nSPS) is 11.7. The molecule has 0 radical (unpaired) electrons. The first-order valence-electron chi connectivity index (χ1n) is 8.18. The Morgan fingerprint density at radius 1 is 0.929 bits per heavy atom. The van der Waals surface area contributed by atoms with Crippen molar-refractivity contribution in [3.8, 4) is 0 Å². The van der Waals surface area contributed by atoms with E-state index in [2.05, 4.69) is 10.5 Å². The van der Waals surface area contributed by atoms with Crippen molar-refractivity contribution in [1.82, 2.24) is 5.43 Å². The first-order valence-corrected chi connectivity index (χ1v) is 8.18. The number of halogens is 3. The largest absolute Gasteiger partial charge is 0.471 e. The van der Waals surface area contributed by atoms with Gasteiger partial charge in [0.15, 0.2) is 0 Å². The van der Waals surface area contributed by atoms with Crippen molar-refractivity contribution in [3.63, 3.8) is 0 Å². The van der Waals surface area contributed by atoms with Crippen molar-refractivity contribution < 1.29 is 22.8 Å². The van der Waals surface area contributed by atoms with Gasteiger partial charge in [-0.05, 0) is 48.9 Å². The van der Waals surface area contributed by atoms with E-state index in [1.54, 1.807) is 36.5 Å². The minimum absolute atomic E-state index is 0.00360. The van der Waals surface area contributed by atoms with Gasteiger partial charge >= 0.3 is 12.1 Å². The quantitative estimate of drug-likeness (QED) is 0.605. The first kappa shape index (κ1) is 20.9. The van der Waals surface area contributed by atoms with Gasteiger partial charge in [-0.25, -0.2) is 5.43 Å². The van der Waals surface area contributed by atoms with Crippen molar-refractivity contribution in [2.24, 2.45) is 5.10 Å². The number of hydrazone groups is 1. The molecule has 148 valence electrons. The zero-order chi connectivity index (χ0) is 20.9. The SMILES string of the molecule is C/C(=N/NC(=O)c1ccc(N(C)C)cc1)c1ccc(NC(=O)C(F)(F)F)cc1. The number of benzene rings is 2. The lowest BCUT2D eigenvalue weighted by Crippen LogP contribution is -2.29. The lowest BCUT2D eigenvalue weighted by molar-refractivity contribution is -0.167. The summed E-state index contributed by atoms with van der Waals surface area (Å²) in [5, 5.41) is 5.75. The van der Waals surface area contributed by atoms with Crippen molar-refractivity contribution in [3.05, 3.63) is 59.7 Å². The van der Waals surface area contributed by atoms with Crippen molar-refractivity contribution in [1.29, 1.82) is 0 Å². The number of carbonyl (C=O) groups excluding carboxylic acids is 2. The predicted molar refractivity (Wildman–Crippen MR) is 102 cm³/mol. The zero-order valence-corrected chi connectivity index (χ0v) is 15.5. The van der Waals surface area contributed by atoms with E-state index in [1.165, 1.54) is 24.3 Å². The van der Waals surface area contributed by atoms with Crippen LogP contribution < -0.4 is 15.6 Å². The van der Waals surface area contributed by atoms with Crippen LogP contribution in [0.5, 0.6) is 0 Å². The summed E-state index contributed by atoms with van der Waals surface area (Å²) in [5.41, 5.74) is 4.85. The fraction of sp³-hybridized carbons (Fsp3) is 0.211. The van der Waals surface area contributed by atoms with Crippen LogP contribution in [0.25, 0.3) is 0 Å². The molecule has 0 saturated carbocycles. The van der Waals surface area contributed by atoms with Gasteiger partial charge in [-0.2, -0.15) is 18.3 Å². The fourth-order valence-corrected chi connectivity index (χ4v) is 2.17. The highest BCUT2D eigenvalue weighted by atomic mass is 19.4. The van der Waals surface area contributed by atoms with Crippen LogP contribution in [0.1, 0.15) is 22.8 Å². The van der Waals surface area contributed by atoms with Gasteiger partial charge in [0.05, 0.1) is 5.71 Å². The van der Waals surface area contributed by atoms with E-state index in [4.69, 9.17) is 0 Å². The van der Waals surface area contributed by atoms with Crippen LogP contribution in [0.4, 0.5) is 24.5 Å². The summed E-state index contributed by atoms with van der Waals surface area (Å²) in [7, 11) is 3.78. The summed E-state index contributed by atoms with van der Waals surface area (Å²) >= 11 is 0. The lowest BCUT2D eigenvalue weighted by Gasteiger charge is -2.12. The van der Waals surface area contributed by atoms with Crippen LogP contribution in [0, 0.1) is 0 Å². The average Bonchev–Trinajstić information content (AvgIpc) is 2.65. The maximum absolute atomic E-state index is 12.2. The molecule has 0 bridgehead atoms. The van der Waals surface area contributed by atoms with Gasteiger partial charge in [-0.15, -0.1) is 0 Å². The summed E-state index contributed by atoms with van der Waals surface area (Å²) < 4.78 is 36.7. The molecule has 2 amide bonds. The topological polar surface area (TPSA) is 73.8 Å². The van der Waals surface area contributed by atoms with E-state index in [0.29, 0.717) is 16.8 Å². The molecular formula is C19H19F3N4O2. The van der Waals surface area contributed by atoms with Crippen LogP contribution in [0.2, 0.25) is 0 Å². The molecule has 0 aromatic heterocycles. The highest BCUT2D eigenvalue weighted by Crippen LogP contribution is 2.18. The molecule has 2 N–H and O–H groups in total. The summed E-state index contributed by atoms with van der Waals surface area (Å²) in [6, 6.07) is 12.6. The second kappa shape index (κ2) is 8.55. The number of hydrogen-bond acceptors (Lipinski definition) is 4. The van der Waals surface area contributed by atoms with Crippen molar-refractivity contribution in [2.45, 2.75) is 13.1 Å². The van der Waals surface area contributed by atoms with Gasteiger partial charge in [0.1, 0.15) is 0 Å². The van der Waals surface area contributed by atoms with E-state index < -0.39 is 18.0 Å². The first-order chi connectivity index (χ1) is 13.1. The smallest absolute Gasteiger partial charge is 0.378 e. The van der Waals surface area contributed by atoms with Crippen molar-refractivity contribution >= 4 is 28.9 Å². The standard InChI is InChI=1S/C19H19F3N4O2/c1-12(13-4-8-15(9-5-13)23-18(28)19(20,21)22)24-25-17(27)14-6-10-16(11-7-14)26(2)3/h4-11H,1-3H3,(H,23,28)(H,25,27)/b24-12-. The third-order valence-corrected chi connectivity index (χ3v) is 3.79. The molecule has 0 saturated heterocycles. The molecule has 0 aliphatic carbocycles. The fourth-order valence-electron chi connectivity index (χ4n) is 2.17. The molecule has 0 atom stereocenters. The van der Waals surface area contributed by atoms with Gasteiger partial charge in [0.25, 0.3) is 5.91 Å². The molecule has 0 aliphatic heterocycles. The number of carbonyl (C=O) groups is 2. The molecule has 2 rings (SSSR count). The molecule has 0 heterocycles. The van der Waals surface area contributed by atoms with E-state index in [9.17, 15) is 22.8 Å². The molecule has 0 aliphatic rings. The highest BCUT2D eigenvalue weighted by molar-refractivity contribution is 6.01. The van der Waals surface area contributed by atoms with Crippen LogP contribution in [-0.4, -0.2) is 37.8 Å². The van der Waals surface area contributed by atoms with E-state index in [0.717, 1.165) is 5.69 Å². The Bertz CT molecular complexity index is 874. The summed E-state index contributed by atoms with van der Waals surface area (Å²) in [4.78, 5) is 25.0. The van der Waals surface area contributed by atoms with Crippen LogP contribution >= 0.6 is 0 Å². The van der Waals surface area contributed by atoms with Gasteiger partial charge in [-0.1, -0.05) is 12.1 Å². The monoisotopic (exact) mass is 392 g/mol. The third-order valence-electron chi connectivity index (χ3n) is 3.79. The number of anilines is 2. The molecule has 0 unspecified atom stereocenters. The molecule has 0 fully saturated rings.